The average molecular weight is 397 g/mol. The van der Waals surface area contributed by atoms with Crippen molar-refractivity contribution in [2.45, 2.75) is 24.9 Å². The lowest BCUT2D eigenvalue weighted by Gasteiger charge is -2.40. The molecule has 1 N–H and O–H groups in total. The number of hydrogen-bond donors (Lipinski definition) is 1. The maximum Gasteiger partial charge on any atom is 0.271 e. The molecule has 2 aliphatic heterocycles. The molecular formula is C13H13BrClF2N3O2. The zero-order valence-electron chi connectivity index (χ0n) is 11.4. The zero-order chi connectivity index (χ0) is 16.1. The quantitative estimate of drug-likeness (QED) is 0.832. The topological polar surface area (TPSA) is 54.3 Å². The van der Waals surface area contributed by atoms with Gasteiger partial charge in [0.15, 0.2) is 0 Å². The van der Waals surface area contributed by atoms with Gasteiger partial charge in [0.05, 0.1) is 16.0 Å². The fourth-order valence-corrected chi connectivity index (χ4v) is 3.97. The highest BCUT2D eigenvalue weighted by atomic mass is 79.9. The van der Waals surface area contributed by atoms with Gasteiger partial charge in [-0.3, -0.25) is 19.1 Å². The highest BCUT2D eigenvalue weighted by molar-refractivity contribution is 9.10. The molecule has 1 aromatic rings. The van der Waals surface area contributed by atoms with Crippen LogP contribution in [0.5, 0.6) is 0 Å². The second kappa shape index (κ2) is 5.58. The van der Waals surface area contributed by atoms with Crippen molar-refractivity contribution in [3.05, 3.63) is 31.6 Å². The van der Waals surface area contributed by atoms with E-state index in [-0.39, 0.29) is 27.3 Å². The van der Waals surface area contributed by atoms with Crippen LogP contribution >= 0.6 is 27.5 Å². The molecule has 2 aliphatic rings. The van der Waals surface area contributed by atoms with Gasteiger partial charge in [0.2, 0.25) is 0 Å². The maximum absolute atomic E-state index is 12.5. The summed E-state index contributed by atoms with van der Waals surface area (Å²) in [5.74, 6) is -0.406. The first kappa shape index (κ1) is 15.9. The minimum atomic E-state index is -2.40. The zero-order valence-corrected chi connectivity index (χ0v) is 13.8. The Kier molecular flexibility index (Phi) is 4.03. The molecule has 5 nitrogen and oxygen atoms in total. The number of nitrogens with zero attached hydrogens (tertiary/aromatic N) is 2. The fraction of sp³-hybridized carbons (Fsp3) is 0.538. The van der Waals surface area contributed by atoms with E-state index < -0.39 is 18.0 Å². The van der Waals surface area contributed by atoms with Gasteiger partial charge in [-0.15, -0.1) is 0 Å². The van der Waals surface area contributed by atoms with Gasteiger partial charge < -0.3 is 5.32 Å². The van der Waals surface area contributed by atoms with E-state index in [9.17, 15) is 18.4 Å². The van der Waals surface area contributed by atoms with Gasteiger partial charge in [0.25, 0.3) is 17.9 Å². The second-order valence-electron chi connectivity index (χ2n) is 5.51. The summed E-state index contributed by atoms with van der Waals surface area (Å²) in [5.41, 5.74) is -1.09. The summed E-state index contributed by atoms with van der Waals surface area (Å²) < 4.78 is 26.6. The molecule has 0 unspecified atom stereocenters. The molecule has 1 fully saturated rings. The van der Waals surface area contributed by atoms with Crippen LogP contribution in [0, 0.1) is 0 Å². The van der Waals surface area contributed by atoms with Gasteiger partial charge in [0.1, 0.15) is 11.4 Å². The lowest BCUT2D eigenvalue weighted by molar-refractivity contribution is 0.0390. The molecule has 120 valence electrons. The van der Waals surface area contributed by atoms with Crippen LogP contribution in [0.15, 0.2) is 15.3 Å². The van der Waals surface area contributed by atoms with Crippen molar-refractivity contribution in [1.29, 1.82) is 0 Å². The van der Waals surface area contributed by atoms with Gasteiger partial charge in [-0.05, 0) is 22.0 Å². The molecule has 0 saturated carbocycles. The van der Waals surface area contributed by atoms with Crippen LogP contribution in [0.1, 0.15) is 23.3 Å². The number of piperidine rings is 1. The standard InChI is InChI=1S/C13H13BrClF2N3O2/c14-7-5-8(15)10-11(21)18-13(20(10)12(7)22)1-3-19(4-2-13)6-9(16)17/h5,9H,1-4,6H2,(H,18,21). The molecule has 9 heteroatoms. The first-order valence-electron chi connectivity index (χ1n) is 6.78. The first-order valence-corrected chi connectivity index (χ1v) is 7.96. The molecule has 0 radical (unpaired) electrons. The van der Waals surface area contributed by atoms with Crippen molar-refractivity contribution in [3.8, 4) is 0 Å². The highest BCUT2D eigenvalue weighted by Gasteiger charge is 2.46. The lowest BCUT2D eigenvalue weighted by Crippen LogP contribution is -2.55. The summed E-state index contributed by atoms with van der Waals surface area (Å²) in [5, 5.41) is 3.01. The van der Waals surface area contributed by atoms with Crippen LogP contribution in [0.4, 0.5) is 8.78 Å². The van der Waals surface area contributed by atoms with Crippen molar-refractivity contribution in [2.24, 2.45) is 0 Å². The first-order chi connectivity index (χ1) is 10.3. The molecule has 1 spiro atoms. The number of alkyl halides is 2. The molecule has 0 atom stereocenters. The Labute approximate surface area is 138 Å². The number of halogens is 4. The Morgan fingerprint density at radius 3 is 2.59 bits per heavy atom. The monoisotopic (exact) mass is 395 g/mol. The van der Waals surface area contributed by atoms with E-state index in [1.54, 1.807) is 4.90 Å². The van der Waals surface area contributed by atoms with E-state index in [1.807, 2.05) is 0 Å². The van der Waals surface area contributed by atoms with Crippen LogP contribution in [0.25, 0.3) is 0 Å². The van der Waals surface area contributed by atoms with Gasteiger partial charge in [-0.25, -0.2) is 8.78 Å². The van der Waals surface area contributed by atoms with Crippen LogP contribution in [-0.4, -0.2) is 41.4 Å². The minimum absolute atomic E-state index is 0.136. The second-order valence-corrected chi connectivity index (χ2v) is 6.77. The summed E-state index contributed by atoms with van der Waals surface area (Å²) in [6, 6.07) is 1.40. The summed E-state index contributed by atoms with van der Waals surface area (Å²) >= 11 is 9.23. The summed E-state index contributed by atoms with van der Waals surface area (Å²) in [6.07, 6.45) is -1.64. The van der Waals surface area contributed by atoms with Crippen LogP contribution < -0.4 is 10.9 Å². The fourth-order valence-electron chi connectivity index (χ4n) is 3.15. The van der Waals surface area contributed by atoms with Gasteiger partial charge in [-0.1, -0.05) is 11.6 Å². The highest BCUT2D eigenvalue weighted by Crippen LogP contribution is 2.35. The van der Waals surface area contributed by atoms with Crippen LogP contribution in [0.2, 0.25) is 5.02 Å². The van der Waals surface area contributed by atoms with E-state index in [0.29, 0.717) is 25.9 Å². The van der Waals surface area contributed by atoms with Crippen LogP contribution in [0.3, 0.4) is 0 Å². The Hall–Kier alpha value is -0.990. The minimum Gasteiger partial charge on any atom is -0.327 e. The Balaban J connectivity index is 1.97. The van der Waals surface area contributed by atoms with E-state index >= 15 is 0 Å². The third kappa shape index (κ3) is 2.47. The number of rotatable bonds is 2. The summed E-state index contributed by atoms with van der Waals surface area (Å²) in [6.45, 7) is 0.451. The molecule has 0 aromatic carbocycles. The Morgan fingerprint density at radius 2 is 2.00 bits per heavy atom. The molecule has 3 heterocycles. The predicted octanol–water partition coefficient (Wildman–Crippen LogP) is 2.02. The molecule has 1 amide bonds. The molecule has 22 heavy (non-hydrogen) atoms. The number of fused-ring (bicyclic) bond motifs is 2. The lowest BCUT2D eigenvalue weighted by atomic mass is 9.97. The van der Waals surface area contributed by atoms with E-state index in [2.05, 4.69) is 21.2 Å². The molecule has 1 saturated heterocycles. The van der Waals surface area contributed by atoms with Crippen LogP contribution in [-0.2, 0) is 5.66 Å². The van der Waals surface area contributed by atoms with E-state index in [0.717, 1.165) is 0 Å². The largest absolute Gasteiger partial charge is 0.327 e. The van der Waals surface area contributed by atoms with Gasteiger partial charge >= 0.3 is 0 Å². The number of nitrogens with one attached hydrogen (secondary N) is 1. The number of likely N-dealkylation sites (tertiary alicyclic amines) is 1. The number of hydrogen-bond acceptors (Lipinski definition) is 3. The molecule has 3 rings (SSSR count). The van der Waals surface area contributed by atoms with Crippen molar-refractivity contribution in [3.63, 3.8) is 0 Å². The van der Waals surface area contributed by atoms with Crippen molar-refractivity contribution in [1.82, 2.24) is 14.8 Å². The van der Waals surface area contributed by atoms with E-state index in [1.165, 1.54) is 10.6 Å². The Bertz CT molecular complexity index is 687. The third-order valence-electron chi connectivity index (χ3n) is 4.18. The van der Waals surface area contributed by atoms with Gasteiger partial charge in [-0.2, -0.15) is 0 Å². The number of amides is 1. The predicted molar refractivity (Wildman–Crippen MR) is 80.5 cm³/mol. The summed E-state index contributed by atoms with van der Waals surface area (Å²) in [7, 11) is 0. The van der Waals surface area contributed by atoms with E-state index in [4.69, 9.17) is 11.6 Å². The van der Waals surface area contributed by atoms with Gasteiger partial charge in [0, 0.05) is 25.9 Å². The third-order valence-corrected chi connectivity index (χ3v) is 5.04. The van der Waals surface area contributed by atoms with Crippen molar-refractivity contribution in [2.75, 3.05) is 19.6 Å². The molecular weight excluding hydrogens is 384 g/mol. The molecule has 0 aliphatic carbocycles. The molecule has 0 bridgehead atoms. The average Bonchev–Trinajstić information content (AvgIpc) is 2.72. The number of carbonyl (C=O) groups is 1. The number of aromatic nitrogens is 1. The number of carbonyl (C=O) groups excluding carboxylic acids is 1. The maximum atomic E-state index is 12.5. The summed E-state index contributed by atoms with van der Waals surface area (Å²) in [4.78, 5) is 26.2. The Morgan fingerprint density at radius 1 is 1.36 bits per heavy atom. The normalized spacial score (nSPS) is 20.5. The molecule has 1 aromatic heterocycles. The van der Waals surface area contributed by atoms with Crippen molar-refractivity contribution >= 4 is 33.4 Å². The SMILES string of the molecule is O=C1NC2(CCN(CC(F)F)CC2)n2c1c(Cl)cc(Br)c2=O. The number of pyridine rings is 1. The van der Waals surface area contributed by atoms with Crippen molar-refractivity contribution < 1.29 is 13.6 Å². The smallest absolute Gasteiger partial charge is 0.271 e.